The highest BCUT2D eigenvalue weighted by Gasteiger charge is 1.50. The van der Waals surface area contributed by atoms with Gasteiger partial charge in [-0.2, -0.15) is 0 Å². The molecule has 0 spiro atoms. The van der Waals surface area contributed by atoms with E-state index < -0.39 is 0 Å². The van der Waals surface area contributed by atoms with E-state index >= 15 is 0 Å². The molecule has 0 saturated carbocycles. The van der Waals surface area contributed by atoms with Crippen LogP contribution in [0.2, 0.25) is 0 Å². The normalized spacial score (nSPS) is 6.25. The minimum absolute atomic E-state index is 0.481. The van der Waals surface area contributed by atoms with Gasteiger partial charge in [-0.05, 0) is 5.37 Å². The van der Waals surface area contributed by atoms with Crippen LogP contribution in [-0.4, -0.2) is 11.2 Å². The maximum atomic E-state index is 5.03. The third kappa shape index (κ3) is 2.38. The van der Waals surface area contributed by atoms with Gasteiger partial charge < -0.3 is 0 Å². The third-order valence-corrected chi connectivity index (χ3v) is 0.567. The maximum absolute atomic E-state index is 5.03. The largest absolute Gasteiger partial charge is 0.121 e. The van der Waals surface area contributed by atoms with Crippen molar-refractivity contribution >= 4 is 29.2 Å². The summed E-state index contributed by atoms with van der Waals surface area (Å²) in [5, 5.41) is 1.47. The molecule has 0 amide bonds. The molecule has 0 unspecified atom stereocenters. The molecule has 0 aromatic heterocycles. The lowest BCUT2D eigenvalue weighted by Crippen LogP contribution is -1.58. The Morgan fingerprint density at radius 3 is 2.25 bits per heavy atom. The lowest BCUT2D eigenvalue weighted by atomic mass is 11.0. The van der Waals surface area contributed by atoms with E-state index in [1.165, 1.54) is 5.37 Å². The highest BCUT2D eigenvalue weighted by molar-refractivity contribution is 7.79. The molecule has 0 aliphatic carbocycles. The summed E-state index contributed by atoms with van der Waals surface area (Å²) >= 11 is 9.32. The molecule has 24 valence electrons. The van der Waals surface area contributed by atoms with Gasteiger partial charge in [-0.15, -0.1) is 11.6 Å². The second-order valence-electron chi connectivity index (χ2n) is 0.321. The highest BCUT2D eigenvalue weighted by atomic mass is 35.5. The van der Waals surface area contributed by atoms with Crippen LogP contribution in [0.1, 0.15) is 0 Å². The Balaban J connectivity index is 2.30. The molecule has 0 aliphatic heterocycles. The van der Waals surface area contributed by atoms with Crippen molar-refractivity contribution in [1.29, 1.82) is 0 Å². The van der Waals surface area contributed by atoms with E-state index in [9.17, 15) is 0 Å². The summed E-state index contributed by atoms with van der Waals surface area (Å²) in [7, 11) is 0. The van der Waals surface area contributed by atoms with Crippen molar-refractivity contribution < 1.29 is 0 Å². The van der Waals surface area contributed by atoms with E-state index in [1.54, 1.807) is 0 Å². The third-order valence-electron chi connectivity index (χ3n) is 0.0630. The minimum Gasteiger partial charge on any atom is -0.121 e. The van der Waals surface area contributed by atoms with Crippen molar-refractivity contribution in [3.05, 3.63) is 0 Å². The van der Waals surface area contributed by atoms with Crippen molar-refractivity contribution in [3.8, 4) is 0 Å². The predicted octanol–water partition coefficient (Wildman–Crippen LogP) is 1.22. The molecule has 4 heavy (non-hydrogen) atoms. The second kappa shape index (κ2) is 3.38. The fraction of sp³-hybridized carbons (Fsp3) is 0.500. The molecule has 0 fully saturated rings. The molecule has 0 saturated heterocycles. The van der Waals surface area contributed by atoms with Crippen LogP contribution in [0.3, 0.4) is 0 Å². The van der Waals surface area contributed by atoms with Gasteiger partial charge in [-0.3, -0.25) is 0 Å². The smallest absolute Gasteiger partial charge is 0.0507 e. The Morgan fingerprint density at radius 2 is 2.25 bits per heavy atom. The fourth-order valence-corrected chi connectivity index (χ4v) is 0. The quantitative estimate of drug-likeness (QED) is 0.348. The average molecular weight is 94.6 g/mol. The second-order valence-corrected chi connectivity index (χ2v) is 0.963. The Bertz CT molecular complexity index is 20.0. The molecule has 0 aromatic rings. The van der Waals surface area contributed by atoms with Crippen molar-refractivity contribution in [2.45, 2.75) is 0 Å². The molecule has 0 N–H and O–H groups in total. The van der Waals surface area contributed by atoms with E-state index in [0.29, 0.717) is 5.88 Å². The van der Waals surface area contributed by atoms with Gasteiger partial charge in [0.25, 0.3) is 0 Å². The zero-order valence-corrected chi connectivity index (χ0v) is 3.64. The molecule has 0 aliphatic rings. The van der Waals surface area contributed by atoms with E-state index in [-0.39, 0.29) is 0 Å². The number of hydrogen-bond acceptors (Lipinski definition) is 1. The Labute approximate surface area is 35.8 Å². The summed E-state index contributed by atoms with van der Waals surface area (Å²) in [4.78, 5) is 0. The van der Waals surface area contributed by atoms with Gasteiger partial charge in [0.1, 0.15) is 0 Å². The molecule has 0 radical (unpaired) electrons. The van der Waals surface area contributed by atoms with Crippen molar-refractivity contribution in [2.24, 2.45) is 0 Å². The van der Waals surface area contributed by atoms with Crippen LogP contribution < -0.4 is 0 Å². The number of halogens is 1. The van der Waals surface area contributed by atoms with Gasteiger partial charge in [0.15, 0.2) is 0 Å². The summed E-state index contributed by atoms with van der Waals surface area (Å²) in [5.41, 5.74) is 0. The average Bonchev–Trinajstić information content (AvgIpc) is 1.37. The Kier molecular flexibility index (Phi) is 3.70. The monoisotopic (exact) mass is 94.0 g/mol. The molecule has 0 heterocycles. The van der Waals surface area contributed by atoms with Crippen LogP contribution in [0.5, 0.6) is 0 Å². The SMILES string of the molecule is S=CCCl. The first-order valence-corrected chi connectivity index (χ1v) is 1.92. The molecule has 0 bridgehead atoms. The van der Waals surface area contributed by atoms with Crippen LogP contribution in [0.25, 0.3) is 0 Å². The molecule has 0 rings (SSSR count). The van der Waals surface area contributed by atoms with E-state index in [1.807, 2.05) is 0 Å². The lowest BCUT2D eigenvalue weighted by Gasteiger charge is -1.52. The molecule has 0 nitrogen and oxygen atoms in total. The lowest BCUT2D eigenvalue weighted by molar-refractivity contribution is 2.13. The molecule has 0 aromatic carbocycles. The fourth-order valence-electron chi connectivity index (χ4n) is 0. The minimum atomic E-state index is 0.481. The standard InChI is InChI=1S/C2H3ClS/c3-1-2-4/h2H,1H2. The highest BCUT2D eigenvalue weighted by Crippen LogP contribution is 1.61. The Morgan fingerprint density at radius 1 is 2.00 bits per heavy atom. The van der Waals surface area contributed by atoms with E-state index in [0.717, 1.165) is 0 Å². The number of hydrogen-bond donors (Lipinski definition) is 0. The van der Waals surface area contributed by atoms with E-state index in [4.69, 9.17) is 11.6 Å². The Hall–Kier alpha value is 0.380. The van der Waals surface area contributed by atoms with Gasteiger partial charge in [0.05, 0.1) is 5.88 Å². The summed E-state index contributed by atoms with van der Waals surface area (Å²) in [6.45, 7) is 0. The zero-order valence-electron chi connectivity index (χ0n) is 2.07. The van der Waals surface area contributed by atoms with Gasteiger partial charge in [0.2, 0.25) is 0 Å². The summed E-state index contributed by atoms with van der Waals surface area (Å²) in [6, 6.07) is 0. The van der Waals surface area contributed by atoms with Crippen molar-refractivity contribution in [1.82, 2.24) is 0 Å². The molecular formula is C2H3ClS. The van der Waals surface area contributed by atoms with E-state index in [2.05, 4.69) is 12.2 Å². The molecule has 0 atom stereocenters. The van der Waals surface area contributed by atoms with Crippen molar-refractivity contribution in [2.75, 3.05) is 5.88 Å². The van der Waals surface area contributed by atoms with Crippen molar-refractivity contribution in [3.63, 3.8) is 0 Å². The van der Waals surface area contributed by atoms with Gasteiger partial charge >= 0.3 is 0 Å². The predicted molar refractivity (Wildman–Crippen MR) is 24.4 cm³/mol. The first-order chi connectivity index (χ1) is 1.91. The topological polar surface area (TPSA) is 0 Å². The van der Waals surface area contributed by atoms with Crippen LogP contribution in [0.4, 0.5) is 0 Å². The maximum Gasteiger partial charge on any atom is 0.0507 e. The number of alkyl halides is 1. The number of rotatable bonds is 1. The van der Waals surface area contributed by atoms with Crippen LogP contribution in [0, 0.1) is 0 Å². The molecular weight excluding hydrogens is 91.5 g/mol. The summed E-state index contributed by atoms with van der Waals surface area (Å²) in [6.07, 6.45) is 0. The van der Waals surface area contributed by atoms with Gasteiger partial charge in [-0.25, -0.2) is 0 Å². The van der Waals surface area contributed by atoms with Crippen LogP contribution in [0.15, 0.2) is 0 Å². The summed E-state index contributed by atoms with van der Waals surface area (Å²) in [5.74, 6) is 0.481. The van der Waals surface area contributed by atoms with Gasteiger partial charge in [-0.1, -0.05) is 12.2 Å². The first-order valence-electron chi connectivity index (χ1n) is 0.911. The number of thiocarbonyl (C=S) groups is 1. The van der Waals surface area contributed by atoms with Crippen LogP contribution >= 0.6 is 23.8 Å². The summed E-state index contributed by atoms with van der Waals surface area (Å²) < 4.78 is 0. The first kappa shape index (κ1) is 4.38. The van der Waals surface area contributed by atoms with Crippen LogP contribution in [-0.2, 0) is 0 Å². The zero-order chi connectivity index (χ0) is 3.41. The molecule has 2 heteroatoms. The van der Waals surface area contributed by atoms with Gasteiger partial charge in [0, 0.05) is 0 Å².